The van der Waals surface area contributed by atoms with Crippen LogP contribution in [0.5, 0.6) is 0 Å². The molecule has 2 aliphatic heterocycles. The summed E-state index contributed by atoms with van der Waals surface area (Å²) in [4.78, 5) is 25.1. The quantitative estimate of drug-likeness (QED) is 0.765. The normalized spacial score (nSPS) is 31.6. The van der Waals surface area contributed by atoms with Crippen molar-refractivity contribution >= 4 is 21.9 Å². The molecule has 2 heterocycles. The van der Waals surface area contributed by atoms with Crippen molar-refractivity contribution in [3.8, 4) is 0 Å². The summed E-state index contributed by atoms with van der Waals surface area (Å²) in [5.41, 5.74) is -1.84. The number of nitrogens with zero attached hydrogens (tertiary/aromatic N) is 1. The van der Waals surface area contributed by atoms with E-state index in [0.29, 0.717) is 0 Å². The predicted octanol–water partition coefficient (Wildman–Crippen LogP) is 0.743. The number of sulfone groups is 1. The van der Waals surface area contributed by atoms with Gasteiger partial charge in [-0.05, 0) is 27.2 Å². The topological polar surface area (TPSA) is 101 Å². The molecular formula is C13H21NO6S. The van der Waals surface area contributed by atoms with Crippen molar-refractivity contribution in [1.29, 1.82) is 0 Å². The van der Waals surface area contributed by atoms with E-state index in [4.69, 9.17) is 4.74 Å². The fraction of sp³-hybridized carbons (Fsp3) is 0.846. The third kappa shape index (κ3) is 3.14. The highest BCUT2D eigenvalue weighted by atomic mass is 32.2. The minimum atomic E-state index is -3.23. The van der Waals surface area contributed by atoms with Crippen LogP contribution in [-0.4, -0.2) is 60.7 Å². The number of fused-ring (bicyclic) bond motifs is 1. The monoisotopic (exact) mass is 319 g/mol. The highest BCUT2D eigenvalue weighted by Crippen LogP contribution is 2.44. The van der Waals surface area contributed by atoms with Gasteiger partial charge in [0.25, 0.3) is 0 Å². The van der Waals surface area contributed by atoms with Gasteiger partial charge >= 0.3 is 12.1 Å². The van der Waals surface area contributed by atoms with Crippen molar-refractivity contribution < 1.29 is 27.9 Å². The minimum Gasteiger partial charge on any atom is -0.481 e. The Labute approximate surface area is 124 Å². The SMILES string of the molecule is CC(C)(C)OC(=O)N1C[C@@H]2CS(=O)(=O)CC[C@]2(C(=O)O)C1. The van der Waals surface area contributed by atoms with Gasteiger partial charge in [-0.15, -0.1) is 0 Å². The van der Waals surface area contributed by atoms with Crippen LogP contribution in [0.2, 0.25) is 0 Å². The lowest BCUT2D eigenvalue weighted by atomic mass is 9.76. The number of carboxylic acid groups (broad SMARTS) is 1. The van der Waals surface area contributed by atoms with E-state index >= 15 is 0 Å². The van der Waals surface area contributed by atoms with Crippen molar-refractivity contribution in [2.75, 3.05) is 24.6 Å². The maximum Gasteiger partial charge on any atom is 0.410 e. The molecule has 2 rings (SSSR count). The van der Waals surface area contributed by atoms with Crippen LogP contribution in [0.1, 0.15) is 27.2 Å². The molecule has 0 radical (unpaired) electrons. The molecule has 8 heteroatoms. The smallest absolute Gasteiger partial charge is 0.410 e. The van der Waals surface area contributed by atoms with E-state index in [1.807, 2.05) is 0 Å². The van der Waals surface area contributed by atoms with Crippen LogP contribution in [0.3, 0.4) is 0 Å². The van der Waals surface area contributed by atoms with Gasteiger partial charge in [-0.2, -0.15) is 0 Å². The number of hydrogen-bond donors (Lipinski definition) is 1. The van der Waals surface area contributed by atoms with E-state index < -0.39 is 38.8 Å². The zero-order chi connectivity index (χ0) is 16.1. The van der Waals surface area contributed by atoms with E-state index in [-0.39, 0.29) is 31.0 Å². The van der Waals surface area contributed by atoms with Crippen LogP contribution in [-0.2, 0) is 19.4 Å². The van der Waals surface area contributed by atoms with Crippen molar-refractivity contribution in [2.24, 2.45) is 11.3 Å². The largest absolute Gasteiger partial charge is 0.481 e. The van der Waals surface area contributed by atoms with Gasteiger partial charge in [-0.1, -0.05) is 0 Å². The first-order valence-corrected chi connectivity index (χ1v) is 8.69. The van der Waals surface area contributed by atoms with Crippen LogP contribution in [0, 0.1) is 11.3 Å². The number of carboxylic acids is 1. The number of likely N-dealkylation sites (tertiary alicyclic amines) is 1. The van der Waals surface area contributed by atoms with Crippen LogP contribution in [0.4, 0.5) is 4.79 Å². The van der Waals surface area contributed by atoms with Crippen molar-refractivity contribution in [3.63, 3.8) is 0 Å². The standard InChI is InChI=1S/C13H21NO6S/c1-12(2,3)20-11(17)14-6-9-7-21(18,19)5-4-13(9,8-14)10(15)16/h9H,4-8H2,1-3H3,(H,15,16)/t9-,13+/m1/s1. The van der Waals surface area contributed by atoms with E-state index in [0.717, 1.165) is 0 Å². The molecule has 0 bridgehead atoms. The molecule has 120 valence electrons. The summed E-state index contributed by atoms with van der Waals surface area (Å²) < 4.78 is 28.7. The highest BCUT2D eigenvalue weighted by molar-refractivity contribution is 7.91. The Bertz CT molecular complexity index is 564. The number of ether oxygens (including phenoxy) is 1. The molecule has 0 unspecified atom stereocenters. The molecule has 2 fully saturated rings. The van der Waals surface area contributed by atoms with Gasteiger partial charge in [0.2, 0.25) is 0 Å². The van der Waals surface area contributed by atoms with E-state index in [9.17, 15) is 23.1 Å². The summed E-state index contributed by atoms with van der Waals surface area (Å²) in [6.07, 6.45) is -0.538. The second-order valence-electron chi connectivity index (χ2n) is 6.88. The van der Waals surface area contributed by atoms with Gasteiger partial charge < -0.3 is 14.7 Å². The number of rotatable bonds is 1. The Kier molecular flexibility index (Phi) is 3.72. The molecule has 0 aliphatic carbocycles. The van der Waals surface area contributed by atoms with Crippen LogP contribution in [0.15, 0.2) is 0 Å². The summed E-state index contributed by atoms with van der Waals surface area (Å²) in [6.45, 7) is 5.31. The van der Waals surface area contributed by atoms with Gasteiger partial charge in [-0.25, -0.2) is 13.2 Å². The van der Waals surface area contributed by atoms with Crippen LogP contribution >= 0.6 is 0 Å². The number of aliphatic carboxylic acids is 1. The first-order valence-electron chi connectivity index (χ1n) is 6.87. The van der Waals surface area contributed by atoms with Gasteiger partial charge in [0, 0.05) is 19.0 Å². The van der Waals surface area contributed by atoms with Gasteiger partial charge in [0.1, 0.15) is 5.60 Å². The molecule has 1 N–H and O–H groups in total. The molecule has 21 heavy (non-hydrogen) atoms. The van der Waals surface area contributed by atoms with Crippen molar-refractivity contribution in [2.45, 2.75) is 32.8 Å². The molecule has 0 saturated carbocycles. The van der Waals surface area contributed by atoms with Crippen LogP contribution < -0.4 is 0 Å². The fourth-order valence-electron chi connectivity index (χ4n) is 3.01. The highest BCUT2D eigenvalue weighted by Gasteiger charge is 2.57. The molecule has 2 aliphatic rings. The maximum atomic E-state index is 12.1. The molecular weight excluding hydrogens is 298 g/mol. The first-order chi connectivity index (χ1) is 9.45. The summed E-state index contributed by atoms with van der Waals surface area (Å²) in [7, 11) is -3.23. The lowest BCUT2D eigenvalue weighted by Crippen LogP contribution is -2.47. The zero-order valence-electron chi connectivity index (χ0n) is 12.5. The molecule has 2 atom stereocenters. The van der Waals surface area contributed by atoms with Crippen LogP contribution in [0.25, 0.3) is 0 Å². The number of carbonyl (C=O) groups excluding carboxylic acids is 1. The number of carbonyl (C=O) groups is 2. The Morgan fingerprint density at radius 2 is 1.95 bits per heavy atom. The second kappa shape index (κ2) is 4.86. The lowest BCUT2D eigenvalue weighted by Gasteiger charge is -2.33. The van der Waals surface area contributed by atoms with E-state index in [2.05, 4.69) is 0 Å². The Balaban J connectivity index is 2.22. The lowest BCUT2D eigenvalue weighted by molar-refractivity contribution is -0.150. The van der Waals surface area contributed by atoms with E-state index in [1.54, 1.807) is 20.8 Å². The third-order valence-electron chi connectivity index (χ3n) is 4.09. The zero-order valence-corrected chi connectivity index (χ0v) is 13.3. The summed E-state index contributed by atoms with van der Waals surface area (Å²) in [6, 6.07) is 0. The Hall–Kier alpha value is -1.31. The Morgan fingerprint density at radius 1 is 1.33 bits per heavy atom. The van der Waals surface area contributed by atoms with E-state index in [1.165, 1.54) is 4.90 Å². The molecule has 2 saturated heterocycles. The Morgan fingerprint density at radius 3 is 2.48 bits per heavy atom. The molecule has 1 amide bonds. The molecule has 0 spiro atoms. The average Bonchev–Trinajstić information content (AvgIpc) is 2.65. The van der Waals surface area contributed by atoms with Gasteiger partial charge in [0.15, 0.2) is 9.84 Å². The summed E-state index contributed by atoms with van der Waals surface area (Å²) in [5, 5.41) is 9.53. The number of hydrogen-bond acceptors (Lipinski definition) is 5. The molecule has 0 aromatic rings. The second-order valence-corrected chi connectivity index (χ2v) is 9.11. The first kappa shape index (κ1) is 16.1. The van der Waals surface area contributed by atoms with Gasteiger partial charge in [-0.3, -0.25) is 4.79 Å². The minimum absolute atomic E-state index is 0.0113. The van der Waals surface area contributed by atoms with Gasteiger partial charge in [0.05, 0.1) is 16.9 Å². The summed E-state index contributed by atoms with van der Waals surface area (Å²) >= 11 is 0. The molecule has 0 aromatic heterocycles. The fourth-order valence-corrected chi connectivity index (χ4v) is 4.89. The van der Waals surface area contributed by atoms with Crippen molar-refractivity contribution in [3.05, 3.63) is 0 Å². The molecule has 7 nitrogen and oxygen atoms in total. The average molecular weight is 319 g/mol. The maximum absolute atomic E-state index is 12.1. The van der Waals surface area contributed by atoms with Crippen molar-refractivity contribution in [1.82, 2.24) is 4.90 Å². The number of amides is 1. The summed E-state index contributed by atoms with van der Waals surface area (Å²) in [5.74, 6) is -1.92. The molecule has 0 aromatic carbocycles. The predicted molar refractivity (Wildman–Crippen MR) is 74.6 cm³/mol. The third-order valence-corrected chi connectivity index (χ3v) is 5.82.